The smallest absolute Gasteiger partial charge is 0.264 e. The second-order valence-electron chi connectivity index (χ2n) is 3.57. The first-order chi connectivity index (χ1) is 7.00. The van der Waals surface area contributed by atoms with Crippen LogP contribution in [0.15, 0.2) is 16.9 Å². The molecule has 0 fully saturated rings. The number of aromatic nitrogens is 2. The molecule has 1 aromatic rings. The molecule has 0 aliphatic rings. The summed E-state index contributed by atoms with van der Waals surface area (Å²) >= 11 is 0. The van der Waals surface area contributed by atoms with E-state index in [2.05, 4.69) is 15.5 Å². The van der Waals surface area contributed by atoms with Gasteiger partial charge in [0.15, 0.2) is 5.82 Å². The Balaban J connectivity index is 2.66. The van der Waals surface area contributed by atoms with Crippen molar-refractivity contribution in [1.29, 1.82) is 0 Å². The quantitative estimate of drug-likeness (QED) is 0.637. The summed E-state index contributed by atoms with van der Waals surface area (Å²) in [7, 11) is 0. The van der Waals surface area contributed by atoms with Crippen molar-refractivity contribution in [3.63, 3.8) is 0 Å². The fourth-order valence-electron chi connectivity index (χ4n) is 0.926. The average Bonchev–Trinajstić information content (AvgIpc) is 2.20. The molecular weight excluding hydrogens is 196 g/mol. The molecular formula is C9H14N4O2. The molecule has 1 aromatic heterocycles. The molecule has 0 aliphatic heterocycles. The van der Waals surface area contributed by atoms with Crippen molar-refractivity contribution >= 4 is 11.7 Å². The average molecular weight is 210 g/mol. The van der Waals surface area contributed by atoms with Crippen molar-refractivity contribution < 1.29 is 4.79 Å². The molecule has 0 radical (unpaired) electrons. The van der Waals surface area contributed by atoms with Crippen LogP contribution < -0.4 is 16.6 Å². The molecule has 4 N–H and O–H groups in total. The maximum Gasteiger partial charge on any atom is 0.264 e. The molecule has 0 aliphatic carbocycles. The lowest BCUT2D eigenvalue weighted by atomic mass is 10.1. The molecule has 0 bridgehead atoms. The first-order valence-corrected chi connectivity index (χ1v) is 4.63. The second-order valence-corrected chi connectivity index (χ2v) is 3.57. The van der Waals surface area contributed by atoms with Crippen molar-refractivity contribution in [2.45, 2.75) is 19.9 Å². The summed E-state index contributed by atoms with van der Waals surface area (Å²) < 4.78 is 0. The van der Waals surface area contributed by atoms with Gasteiger partial charge in [-0.25, -0.2) is 5.10 Å². The van der Waals surface area contributed by atoms with E-state index >= 15 is 0 Å². The predicted octanol–water partition coefficient (Wildman–Crippen LogP) is -0.308. The number of rotatable bonds is 3. The maximum absolute atomic E-state index is 11.5. The van der Waals surface area contributed by atoms with Crippen LogP contribution in [0, 0.1) is 5.92 Å². The number of carbonyl (C=O) groups is 1. The van der Waals surface area contributed by atoms with Gasteiger partial charge in [0.2, 0.25) is 5.91 Å². The summed E-state index contributed by atoms with van der Waals surface area (Å²) in [5.74, 6) is 0.0213. The number of carbonyl (C=O) groups excluding carboxylic acids is 1. The normalized spacial score (nSPS) is 12.5. The standard InChI is InChI=1S/C9H14N4O2/c1-5(2)8(10)9(15)11-6-3-4-7(14)13-12-6/h3-5,8H,10H2,1-2H3,(H,13,14)(H,11,12,15)/t8-/m1/s1. The van der Waals surface area contributed by atoms with Gasteiger partial charge in [0, 0.05) is 6.07 Å². The lowest BCUT2D eigenvalue weighted by Crippen LogP contribution is -2.40. The van der Waals surface area contributed by atoms with Gasteiger partial charge >= 0.3 is 0 Å². The third kappa shape index (κ3) is 3.17. The Kier molecular flexibility index (Phi) is 3.56. The number of hydrogen-bond acceptors (Lipinski definition) is 4. The Labute approximate surface area is 86.9 Å². The SMILES string of the molecule is CC(C)[C@@H](N)C(=O)Nc1ccc(=O)[nH]n1. The molecule has 1 heterocycles. The number of H-pyrrole nitrogens is 1. The van der Waals surface area contributed by atoms with Crippen LogP contribution in [0.3, 0.4) is 0 Å². The third-order valence-corrected chi connectivity index (χ3v) is 1.95. The Morgan fingerprint density at radius 2 is 2.20 bits per heavy atom. The van der Waals surface area contributed by atoms with Crippen LogP contribution in [0.25, 0.3) is 0 Å². The van der Waals surface area contributed by atoms with Gasteiger partial charge in [-0.15, -0.1) is 0 Å². The van der Waals surface area contributed by atoms with E-state index < -0.39 is 6.04 Å². The Bertz CT molecular complexity index is 379. The molecule has 1 atom stereocenters. The molecule has 0 spiro atoms. The largest absolute Gasteiger partial charge is 0.320 e. The van der Waals surface area contributed by atoms with Crippen molar-refractivity contribution in [3.8, 4) is 0 Å². The highest BCUT2D eigenvalue weighted by Crippen LogP contribution is 2.02. The van der Waals surface area contributed by atoms with Crippen LogP contribution in [0.2, 0.25) is 0 Å². The second kappa shape index (κ2) is 4.70. The molecule has 0 saturated carbocycles. The summed E-state index contributed by atoms with van der Waals surface area (Å²) in [6.07, 6.45) is 0. The lowest BCUT2D eigenvalue weighted by molar-refractivity contribution is -0.118. The summed E-state index contributed by atoms with van der Waals surface area (Å²) in [5.41, 5.74) is 5.31. The molecule has 15 heavy (non-hydrogen) atoms. The zero-order valence-electron chi connectivity index (χ0n) is 8.65. The molecule has 1 rings (SSSR count). The van der Waals surface area contributed by atoms with Gasteiger partial charge in [-0.3, -0.25) is 9.59 Å². The zero-order chi connectivity index (χ0) is 11.4. The minimum Gasteiger partial charge on any atom is -0.320 e. The molecule has 6 heteroatoms. The minimum atomic E-state index is -0.585. The molecule has 6 nitrogen and oxygen atoms in total. The van der Waals surface area contributed by atoms with Crippen LogP contribution in [-0.2, 0) is 4.79 Å². The van der Waals surface area contributed by atoms with Crippen LogP contribution in [0.4, 0.5) is 5.82 Å². The van der Waals surface area contributed by atoms with Gasteiger partial charge in [0.1, 0.15) is 0 Å². The maximum atomic E-state index is 11.5. The van der Waals surface area contributed by atoms with Crippen molar-refractivity contribution in [3.05, 3.63) is 22.5 Å². The van der Waals surface area contributed by atoms with E-state index in [4.69, 9.17) is 5.73 Å². The molecule has 1 amide bonds. The van der Waals surface area contributed by atoms with E-state index in [9.17, 15) is 9.59 Å². The number of nitrogens with two attached hydrogens (primary N) is 1. The van der Waals surface area contributed by atoms with Gasteiger partial charge in [0.05, 0.1) is 6.04 Å². The van der Waals surface area contributed by atoms with Crippen LogP contribution >= 0.6 is 0 Å². The number of anilines is 1. The van der Waals surface area contributed by atoms with E-state index in [0.29, 0.717) is 0 Å². The van der Waals surface area contributed by atoms with Gasteiger partial charge in [-0.1, -0.05) is 13.8 Å². The van der Waals surface area contributed by atoms with Crippen molar-refractivity contribution in [1.82, 2.24) is 10.2 Å². The number of nitrogens with one attached hydrogen (secondary N) is 2. The third-order valence-electron chi connectivity index (χ3n) is 1.95. The monoisotopic (exact) mass is 210 g/mol. The Morgan fingerprint density at radius 1 is 1.53 bits per heavy atom. The molecule has 0 unspecified atom stereocenters. The van der Waals surface area contributed by atoms with E-state index in [0.717, 1.165) is 0 Å². The number of nitrogens with zero attached hydrogens (tertiary/aromatic N) is 1. The highest BCUT2D eigenvalue weighted by Gasteiger charge is 2.17. The zero-order valence-corrected chi connectivity index (χ0v) is 8.65. The Hall–Kier alpha value is -1.69. The number of amides is 1. The highest BCUT2D eigenvalue weighted by atomic mass is 16.2. The van der Waals surface area contributed by atoms with E-state index in [1.807, 2.05) is 13.8 Å². The summed E-state index contributed by atoms with van der Waals surface area (Å²) in [5, 5.41) is 8.35. The predicted molar refractivity (Wildman–Crippen MR) is 56.3 cm³/mol. The van der Waals surface area contributed by atoms with Crippen LogP contribution in [0.1, 0.15) is 13.8 Å². The van der Waals surface area contributed by atoms with Crippen LogP contribution in [0.5, 0.6) is 0 Å². The van der Waals surface area contributed by atoms with Gasteiger partial charge in [-0.05, 0) is 12.0 Å². The summed E-state index contributed by atoms with van der Waals surface area (Å²) in [6.45, 7) is 3.70. The van der Waals surface area contributed by atoms with Crippen LogP contribution in [-0.4, -0.2) is 22.1 Å². The van der Waals surface area contributed by atoms with Gasteiger partial charge in [-0.2, -0.15) is 5.10 Å². The molecule has 0 saturated heterocycles. The summed E-state index contributed by atoms with van der Waals surface area (Å²) in [6, 6.07) is 2.12. The first kappa shape index (κ1) is 11.4. The summed E-state index contributed by atoms with van der Waals surface area (Å²) in [4.78, 5) is 22.2. The lowest BCUT2D eigenvalue weighted by Gasteiger charge is -2.14. The number of hydrogen-bond donors (Lipinski definition) is 3. The topological polar surface area (TPSA) is 101 Å². The first-order valence-electron chi connectivity index (χ1n) is 4.63. The van der Waals surface area contributed by atoms with E-state index in [1.54, 1.807) is 0 Å². The fraction of sp³-hybridized carbons (Fsp3) is 0.444. The minimum absolute atomic E-state index is 0.0489. The molecule has 0 aromatic carbocycles. The van der Waals surface area contributed by atoms with Gasteiger partial charge < -0.3 is 11.1 Å². The number of aromatic amines is 1. The van der Waals surface area contributed by atoms with Crippen molar-refractivity contribution in [2.75, 3.05) is 5.32 Å². The van der Waals surface area contributed by atoms with E-state index in [1.165, 1.54) is 12.1 Å². The molecule has 82 valence electrons. The van der Waals surface area contributed by atoms with Gasteiger partial charge in [0.25, 0.3) is 5.56 Å². The fourth-order valence-corrected chi connectivity index (χ4v) is 0.926. The van der Waals surface area contributed by atoms with Crippen molar-refractivity contribution in [2.24, 2.45) is 11.7 Å². The Morgan fingerprint density at radius 3 is 2.67 bits per heavy atom. The van der Waals surface area contributed by atoms with E-state index in [-0.39, 0.29) is 23.2 Å². The highest BCUT2D eigenvalue weighted by molar-refractivity contribution is 5.93.